The molecule has 0 radical (unpaired) electrons. The van der Waals surface area contributed by atoms with Gasteiger partial charge in [-0.3, -0.25) is 10.1 Å². The van der Waals surface area contributed by atoms with Gasteiger partial charge >= 0.3 is 0 Å². The predicted octanol–water partition coefficient (Wildman–Crippen LogP) is 5.38. The Balaban J connectivity index is 3.84. The van der Waals surface area contributed by atoms with Crippen molar-refractivity contribution in [3.05, 3.63) is 46.2 Å². The van der Waals surface area contributed by atoms with E-state index in [0.717, 1.165) is 51.2 Å². The average molecular weight is 307 g/mol. The molecule has 0 atom stereocenters. The third-order valence-corrected chi connectivity index (χ3v) is 3.31. The highest BCUT2D eigenvalue weighted by Gasteiger charge is 2.08. The molecule has 4 nitrogen and oxygen atoms in total. The van der Waals surface area contributed by atoms with Crippen molar-refractivity contribution in [2.24, 2.45) is 0 Å². The summed E-state index contributed by atoms with van der Waals surface area (Å²) in [6.45, 7) is 2.09. The van der Waals surface area contributed by atoms with Gasteiger partial charge in [0.15, 0.2) is 0 Å². The molecule has 22 heavy (non-hydrogen) atoms. The number of unbranched alkanes of at least 4 members (excludes halogenated alkanes) is 5. The molecule has 0 aliphatic rings. The first-order chi connectivity index (χ1) is 10.7. The van der Waals surface area contributed by atoms with Crippen LogP contribution in [0, 0.1) is 10.1 Å². The van der Waals surface area contributed by atoms with Gasteiger partial charge < -0.3 is 4.79 Å². The van der Waals surface area contributed by atoms with E-state index < -0.39 is 0 Å². The Labute approximate surface area is 134 Å². The molecule has 4 heteroatoms. The van der Waals surface area contributed by atoms with Crippen LogP contribution in [-0.4, -0.2) is 11.2 Å². The molecule has 0 aliphatic carbocycles. The molecule has 0 saturated carbocycles. The molecule has 0 aromatic heterocycles. The zero-order valence-corrected chi connectivity index (χ0v) is 13.7. The minimum Gasteiger partial charge on any atom is -0.303 e. The maximum absolute atomic E-state index is 10.9. The van der Waals surface area contributed by atoms with Crippen molar-refractivity contribution in [1.29, 1.82) is 0 Å². The van der Waals surface area contributed by atoms with E-state index in [4.69, 9.17) is 0 Å². The molecule has 0 saturated heterocycles. The fraction of sp³-hybridized carbons (Fsp3) is 0.611. The highest BCUT2D eigenvalue weighted by atomic mass is 16.6. The van der Waals surface area contributed by atoms with E-state index in [2.05, 4.69) is 19.1 Å². The van der Waals surface area contributed by atoms with Gasteiger partial charge in [0.1, 0.15) is 6.29 Å². The Bertz CT molecular complexity index is 384. The zero-order valence-electron chi connectivity index (χ0n) is 13.7. The van der Waals surface area contributed by atoms with Crippen LogP contribution in [0.4, 0.5) is 0 Å². The largest absolute Gasteiger partial charge is 0.303 e. The molecule has 124 valence electrons. The summed E-state index contributed by atoms with van der Waals surface area (Å²) in [7, 11) is 0. The minimum atomic E-state index is -0.261. The second-order valence-electron chi connectivity index (χ2n) is 5.28. The van der Waals surface area contributed by atoms with Crippen molar-refractivity contribution in [2.75, 3.05) is 0 Å². The molecule has 0 bridgehead atoms. The van der Waals surface area contributed by atoms with Gasteiger partial charge in [-0.15, -0.1) is 0 Å². The lowest BCUT2D eigenvalue weighted by Crippen LogP contribution is -1.98. The van der Waals surface area contributed by atoms with Crippen LogP contribution in [0.2, 0.25) is 0 Å². The lowest BCUT2D eigenvalue weighted by molar-refractivity contribution is -0.428. The number of aldehydes is 1. The summed E-state index contributed by atoms with van der Waals surface area (Å²) >= 11 is 0. The van der Waals surface area contributed by atoms with Crippen molar-refractivity contribution >= 4 is 6.29 Å². The fourth-order valence-corrected chi connectivity index (χ4v) is 2.00. The number of nitro groups is 1. The maximum Gasteiger partial charge on any atom is 0.242 e. The summed E-state index contributed by atoms with van der Waals surface area (Å²) in [4.78, 5) is 20.8. The van der Waals surface area contributed by atoms with Gasteiger partial charge in [-0.1, -0.05) is 44.1 Å². The molecule has 0 heterocycles. The van der Waals surface area contributed by atoms with Crippen LogP contribution in [0.15, 0.2) is 36.1 Å². The number of hydrogen-bond acceptors (Lipinski definition) is 3. The SMILES string of the molecule is CCCCC/C(=C\C/C=C\C/C=C\CCCCC=O)[N+](=O)[O-]. The summed E-state index contributed by atoms with van der Waals surface area (Å²) in [5, 5.41) is 10.9. The summed E-state index contributed by atoms with van der Waals surface area (Å²) in [5.41, 5.74) is 0.337. The Kier molecular flexibility index (Phi) is 14.5. The number of carbonyl (C=O) groups excluding carboxylic acids is 1. The number of nitrogens with zero attached hydrogens (tertiary/aromatic N) is 1. The van der Waals surface area contributed by atoms with Gasteiger partial charge in [0, 0.05) is 12.8 Å². The smallest absolute Gasteiger partial charge is 0.242 e. The first-order valence-corrected chi connectivity index (χ1v) is 8.29. The van der Waals surface area contributed by atoms with Crippen molar-refractivity contribution in [1.82, 2.24) is 0 Å². The van der Waals surface area contributed by atoms with Crippen molar-refractivity contribution in [2.45, 2.75) is 71.1 Å². The van der Waals surface area contributed by atoms with E-state index in [-0.39, 0.29) is 4.92 Å². The Morgan fingerprint density at radius 2 is 1.64 bits per heavy atom. The molecule has 0 rings (SSSR count). The molecule has 0 N–H and O–H groups in total. The van der Waals surface area contributed by atoms with Crippen LogP contribution < -0.4 is 0 Å². The predicted molar refractivity (Wildman–Crippen MR) is 91.3 cm³/mol. The molecule has 0 amide bonds. The van der Waals surface area contributed by atoms with Gasteiger partial charge in [-0.25, -0.2) is 0 Å². The normalized spacial score (nSPS) is 12.3. The monoisotopic (exact) mass is 307 g/mol. The van der Waals surface area contributed by atoms with Crippen LogP contribution in [-0.2, 0) is 4.79 Å². The lowest BCUT2D eigenvalue weighted by atomic mass is 10.1. The van der Waals surface area contributed by atoms with Crippen LogP contribution in [0.3, 0.4) is 0 Å². The van der Waals surface area contributed by atoms with E-state index >= 15 is 0 Å². The van der Waals surface area contributed by atoms with Gasteiger partial charge in [0.2, 0.25) is 5.70 Å². The molecule has 0 aliphatic heterocycles. The minimum absolute atomic E-state index is 0.261. The topological polar surface area (TPSA) is 60.2 Å². The first-order valence-electron chi connectivity index (χ1n) is 8.29. The number of rotatable bonds is 14. The summed E-state index contributed by atoms with van der Waals surface area (Å²) < 4.78 is 0. The molecule has 0 fully saturated rings. The number of hydrogen-bond donors (Lipinski definition) is 0. The Morgan fingerprint density at radius 1 is 0.955 bits per heavy atom. The zero-order chi connectivity index (χ0) is 16.5. The van der Waals surface area contributed by atoms with Crippen molar-refractivity contribution < 1.29 is 9.72 Å². The highest BCUT2D eigenvalue weighted by molar-refractivity contribution is 5.48. The van der Waals surface area contributed by atoms with Gasteiger partial charge in [-0.05, 0) is 44.6 Å². The van der Waals surface area contributed by atoms with E-state index in [1.165, 1.54) is 0 Å². The second-order valence-corrected chi connectivity index (χ2v) is 5.28. The Morgan fingerprint density at radius 3 is 2.32 bits per heavy atom. The van der Waals surface area contributed by atoms with E-state index in [0.29, 0.717) is 25.0 Å². The molecule has 0 aromatic carbocycles. The molecule has 0 aromatic rings. The van der Waals surface area contributed by atoms with E-state index in [1.807, 2.05) is 12.2 Å². The van der Waals surface area contributed by atoms with Gasteiger partial charge in [0.05, 0.1) is 4.92 Å². The Hall–Kier alpha value is -1.71. The molecular formula is C18H29NO3. The number of allylic oxidation sites excluding steroid dienone is 6. The number of carbonyl (C=O) groups is 1. The lowest BCUT2D eigenvalue weighted by Gasteiger charge is -1.97. The third kappa shape index (κ3) is 13.3. The van der Waals surface area contributed by atoms with Gasteiger partial charge in [-0.2, -0.15) is 0 Å². The van der Waals surface area contributed by atoms with Crippen LogP contribution >= 0.6 is 0 Å². The second kappa shape index (κ2) is 15.7. The van der Waals surface area contributed by atoms with Crippen LogP contribution in [0.1, 0.15) is 71.1 Å². The summed E-state index contributed by atoms with van der Waals surface area (Å²) in [5.74, 6) is 0. The fourth-order valence-electron chi connectivity index (χ4n) is 2.00. The summed E-state index contributed by atoms with van der Waals surface area (Å²) in [6.07, 6.45) is 19.6. The summed E-state index contributed by atoms with van der Waals surface area (Å²) in [6, 6.07) is 0. The molecule has 0 unspecified atom stereocenters. The van der Waals surface area contributed by atoms with E-state index in [1.54, 1.807) is 6.08 Å². The standard InChI is InChI=1S/C18H29NO3/c1-2-3-12-15-18(19(21)22)16-13-10-8-6-4-5-7-9-11-14-17-20/h4-5,8,10,16-17H,2-3,6-7,9,11-15H2,1H3/b5-4-,10-8-,18-16+. The average Bonchev–Trinajstić information content (AvgIpc) is 2.50. The van der Waals surface area contributed by atoms with Crippen LogP contribution in [0.25, 0.3) is 0 Å². The van der Waals surface area contributed by atoms with Gasteiger partial charge in [0.25, 0.3) is 0 Å². The highest BCUT2D eigenvalue weighted by Crippen LogP contribution is 2.10. The third-order valence-electron chi connectivity index (χ3n) is 3.31. The van der Waals surface area contributed by atoms with Crippen molar-refractivity contribution in [3.8, 4) is 0 Å². The molecular weight excluding hydrogens is 278 g/mol. The quantitative estimate of drug-likeness (QED) is 0.142. The molecule has 0 spiro atoms. The maximum atomic E-state index is 10.9. The van der Waals surface area contributed by atoms with E-state index in [9.17, 15) is 14.9 Å². The first kappa shape index (κ1) is 20.3. The van der Waals surface area contributed by atoms with Crippen molar-refractivity contribution in [3.63, 3.8) is 0 Å². The van der Waals surface area contributed by atoms with Crippen LogP contribution in [0.5, 0.6) is 0 Å².